The van der Waals surface area contributed by atoms with Gasteiger partial charge >= 0.3 is 0 Å². The van der Waals surface area contributed by atoms with Crippen molar-refractivity contribution in [3.63, 3.8) is 0 Å². The van der Waals surface area contributed by atoms with Gasteiger partial charge in [-0.15, -0.1) is 0 Å². The second-order valence-electron chi connectivity index (χ2n) is 9.59. The molecule has 1 heterocycles. The lowest BCUT2D eigenvalue weighted by Crippen LogP contribution is -2.49. The Labute approximate surface area is 219 Å². The van der Waals surface area contributed by atoms with Gasteiger partial charge in [0, 0.05) is 25.4 Å². The molecule has 3 atom stereocenters. The normalized spacial score (nSPS) is 19.6. The van der Waals surface area contributed by atoms with Gasteiger partial charge < -0.3 is 24.6 Å². The molecule has 0 unspecified atom stereocenters. The molecule has 0 spiro atoms. The third-order valence-corrected chi connectivity index (χ3v) is 6.87. The molecule has 192 valence electrons. The summed E-state index contributed by atoms with van der Waals surface area (Å²) in [5, 5.41) is 16.6. The van der Waals surface area contributed by atoms with Crippen molar-refractivity contribution in [2.45, 2.75) is 37.8 Å². The SMILES string of the molecule is O[C@H]1CNC[C@@H](OCc2ccc3ccccc3c2)[C@@H]1c1ccc(OCCCOCc2ccccc2)cc1. The third-order valence-electron chi connectivity index (χ3n) is 6.87. The molecule has 0 amide bonds. The third kappa shape index (κ3) is 6.96. The van der Waals surface area contributed by atoms with Gasteiger partial charge in [-0.3, -0.25) is 0 Å². The highest BCUT2D eigenvalue weighted by molar-refractivity contribution is 5.82. The summed E-state index contributed by atoms with van der Waals surface area (Å²) in [6.45, 7) is 3.65. The van der Waals surface area contributed by atoms with Crippen LogP contribution in [0.15, 0.2) is 97.1 Å². The standard InChI is InChI=1S/C32H35NO4/c34-30-20-33-21-31(37-23-25-11-12-26-9-4-5-10-28(26)19-25)32(30)27-13-15-29(16-14-27)36-18-6-17-35-22-24-7-2-1-3-8-24/h1-5,7-16,19,30-34H,6,17-18,20-23H2/t30-,31+,32+/m0/s1. The lowest BCUT2D eigenvalue weighted by atomic mass is 9.85. The maximum atomic E-state index is 10.8. The van der Waals surface area contributed by atoms with Crippen LogP contribution >= 0.6 is 0 Å². The molecule has 37 heavy (non-hydrogen) atoms. The van der Waals surface area contributed by atoms with Gasteiger partial charge in [0.1, 0.15) is 5.75 Å². The van der Waals surface area contributed by atoms with Gasteiger partial charge in [-0.05, 0) is 45.7 Å². The van der Waals surface area contributed by atoms with Gasteiger partial charge in [0.05, 0.1) is 38.6 Å². The van der Waals surface area contributed by atoms with Crippen LogP contribution in [0, 0.1) is 0 Å². The van der Waals surface area contributed by atoms with Crippen LogP contribution in [-0.4, -0.2) is 43.6 Å². The van der Waals surface area contributed by atoms with Crippen LogP contribution in [0.25, 0.3) is 10.8 Å². The molecule has 2 N–H and O–H groups in total. The van der Waals surface area contributed by atoms with Gasteiger partial charge in [0.15, 0.2) is 0 Å². The van der Waals surface area contributed by atoms with Crippen molar-refractivity contribution in [1.29, 1.82) is 0 Å². The summed E-state index contributed by atoms with van der Waals surface area (Å²) < 4.78 is 18.0. The Balaban J connectivity index is 1.12. The lowest BCUT2D eigenvalue weighted by molar-refractivity contribution is -0.0328. The first kappa shape index (κ1) is 25.4. The monoisotopic (exact) mass is 497 g/mol. The maximum Gasteiger partial charge on any atom is 0.119 e. The van der Waals surface area contributed by atoms with Crippen molar-refractivity contribution in [2.75, 3.05) is 26.3 Å². The summed E-state index contributed by atoms with van der Waals surface area (Å²) in [5.41, 5.74) is 3.38. The molecule has 1 aliphatic heterocycles. The van der Waals surface area contributed by atoms with Crippen molar-refractivity contribution in [1.82, 2.24) is 5.32 Å². The zero-order valence-corrected chi connectivity index (χ0v) is 21.1. The van der Waals surface area contributed by atoms with Crippen molar-refractivity contribution in [3.8, 4) is 5.75 Å². The number of β-amino-alcohol motifs (C(OH)–C–C–N with tert-alkyl or cyclic N) is 1. The Morgan fingerprint density at radius 3 is 2.35 bits per heavy atom. The van der Waals surface area contributed by atoms with Gasteiger partial charge in [-0.25, -0.2) is 0 Å². The zero-order valence-electron chi connectivity index (χ0n) is 21.1. The Morgan fingerprint density at radius 2 is 1.51 bits per heavy atom. The second kappa shape index (κ2) is 12.8. The zero-order chi connectivity index (χ0) is 25.3. The van der Waals surface area contributed by atoms with E-state index < -0.39 is 6.10 Å². The molecular formula is C32H35NO4. The number of benzene rings is 4. The highest BCUT2D eigenvalue weighted by Gasteiger charge is 2.34. The number of aliphatic hydroxyl groups excluding tert-OH is 1. The number of hydrogen-bond donors (Lipinski definition) is 2. The fourth-order valence-electron chi connectivity index (χ4n) is 4.91. The number of hydrogen-bond acceptors (Lipinski definition) is 5. The van der Waals surface area contributed by atoms with Crippen LogP contribution in [0.1, 0.15) is 29.0 Å². The van der Waals surface area contributed by atoms with Crippen LogP contribution < -0.4 is 10.1 Å². The largest absolute Gasteiger partial charge is 0.494 e. The molecule has 5 nitrogen and oxygen atoms in total. The van der Waals surface area contributed by atoms with E-state index in [4.69, 9.17) is 14.2 Å². The molecule has 4 aromatic carbocycles. The summed E-state index contributed by atoms with van der Waals surface area (Å²) in [5.74, 6) is 0.728. The van der Waals surface area contributed by atoms with Gasteiger partial charge in [0.25, 0.3) is 0 Å². The topological polar surface area (TPSA) is 60.0 Å². The average molecular weight is 498 g/mol. The van der Waals surface area contributed by atoms with Crippen LogP contribution in [0.3, 0.4) is 0 Å². The van der Waals surface area contributed by atoms with Gasteiger partial charge in [0.2, 0.25) is 0 Å². The molecule has 5 rings (SSSR count). The predicted molar refractivity (Wildman–Crippen MR) is 147 cm³/mol. The fourth-order valence-corrected chi connectivity index (χ4v) is 4.91. The molecular weight excluding hydrogens is 462 g/mol. The molecule has 1 saturated heterocycles. The maximum absolute atomic E-state index is 10.8. The van der Waals surface area contributed by atoms with Crippen LogP contribution in [0.2, 0.25) is 0 Å². The molecule has 0 aromatic heterocycles. The molecule has 1 fully saturated rings. The summed E-state index contributed by atoms with van der Waals surface area (Å²) in [6, 6.07) is 33.0. The van der Waals surface area contributed by atoms with Crippen molar-refractivity contribution in [2.24, 2.45) is 0 Å². The number of fused-ring (bicyclic) bond motifs is 1. The van der Waals surface area contributed by atoms with E-state index in [0.29, 0.717) is 39.5 Å². The quantitative estimate of drug-likeness (QED) is 0.270. The van der Waals surface area contributed by atoms with E-state index in [1.165, 1.54) is 16.3 Å². The first-order valence-corrected chi connectivity index (χ1v) is 13.1. The average Bonchev–Trinajstić information content (AvgIpc) is 2.95. The van der Waals surface area contributed by atoms with Crippen molar-refractivity contribution < 1.29 is 19.3 Å². The van der Waals surface area contributed by atoms with Crippen LogP contribution in [0.4, 0.5) is 0 Å². The van der Waals surface area contributed by atoms with Crippen molar-refractivity contribution >= 4 is 10.8 Å². The minimum Gasteiger partial charge on any atom is -0.494 e. The number of nitrogens with one attached hydrogen (secondary N) is 1. The highest BCUT2D eigenvalue weighted by Crippen LogP contribution is 2.30. The number of aliphatic hydroxyl groups is 1. The van der Waals surface area contributed by atoms with Crippen molar-refractivity contribution in [3.05, 3.63) is 114 Å². The molecule has 0 radical (unpaired) electrons. The molecule has 4 aromatic rings. The Kier molecular flexibility index (Phi) is 8.82. The van der Waals surface area contributed by atoms with E-state index in [2.05, 4.69) is 59.9 Å². The smallest absolute Gasteiger partial charge is 0.119 e. The van der Waals surface area contributed by atoms with Gasteiger partial charge in [-0.1, -0.05) is 78.9 Å². The molecule has 5 heteroatoms. The highest BCUT2D eigenvalue weighted by atomic mass is 16.5. The minimum absolute atomic E-state index is 0.0952. The Bertz CT molecular complexity index is 1240. The first-order chi connectivity index (χ1) is 18.3. The summed E-state index contributed by atoms with van der Waals surface area (Å²) >= 11 is 0. The molecule has 0 bridgehead atoms. The van der Waals surface area contributed by atoms with E-state index in [1.807, 2.05) is 42.5 Å². The Hall–Kier alpha value is -3.22. The lowest BCUT2D eigenvalue weighted by Gasteiger charge is -2.36. The number of ether oxygens (including phenoxy) is 3. The first-order valence-electron chi connectivity index (χ1n) is 13.1. The molecule has 0 saturated carbocycles. The fraction of sp³-hybridized carbons (Fsp3) is 0.312. The Morgan fingerprint density at radius 1 is 0.730 bits per heavy atom. The number of rotatable bonds is 11. The van der Waals surface area contributed by atoms with Crippen LogP contribution in [-0.2, 0) is 22.7 Å². The summed E-state index contributed by atoms with van der Waals surface area (Å²) in [6.07, 6.45) is 0.194. The van der Waals surface area contributed by atoms with E-state index in [9.17, 15) is 5.11 Å². The summed E-state index contributed by atoms with van der Waals surface area (Å²) in [4.78, 5) is 0. The van der Waals surface area contributed by atoms with E-state index in [-0.39, 0.29) is 12.0 Å². The second-order valence-corrected chi connectivity index (χ2v) is 9.59. The summed E-state index contributed by atoms with van der Waals surface area (Å²) in [7, 11) is 0. The van der Waals surface area contributed by atoms with E-state index >= 15 is 0 Å². The van der Waals surface area contributed by atoms with E-state index in [0.717, 1.165) is 23.3 Å². The van der Waals surface area contributed by atoms with Gasteiger partial charge in [-0.2, -0.15) is 0 Å². The predicted octanol–water partition coefficient (Wildman–Crippen LogP) is 5.46. The molecule has 1 aliphatic rings. The molecule has 0 aliphatic carbocycles. The minimum atomic E-state index is -0.510. The van der Waals surface area contributed by atoms with E-state index in [1.54, 1.807) is 0 Å². The number of piperidine rings is 1. The van der Waals surface area contributed by atoms with Crippen LogP contribution in [0.5, 0.6) is 5.75 Å².